The highest BCUT2D eigenvalue weighted by Gasteiger charge is 2.20. The number of aromatic nitrogens is 2. The van der Waals surface area contributed by atoms with Crippen molar-refractivity contribution in [3.63, 3.8) is 0 Å². The van der Waals surface area contributed by atoms with Crippen LogP contribution in [-0.4, -0.2) is 39.4 Å². The molecule has 0 spiro atoms. The third-order valence-corrected chi connectivity index (χ3v) is 5.61. The molecule has 146 valence electrons. The van der Waals surface area contributed by atoms with E-state index in [-0.39, 0.29) is 0 Å². The fraction of sp³-hybridized carbons (Fsp3) is 0.375. The highest BCUT2D eigenvalue weighted by molar-refractivity contribution is 5.66. The minimum Gasteiger partial charge on any atom is -0.388 e. The van der Waals surface area contributed by atoms with Crippen molar-refractivity contribution in [3.05, 3.63) is 72.4 Å². The van der Waals surface area contributed by atoms with Gasteiger partial charge in [0.1, 0.15) is 0 Å². The lowest BCUT2D eigenvalue weighted by Crippen LogP contribution is -2.30. The Bertz CT molecular complexity index is 854. The van der Waals surface area contributed by atoms with Gasteiger partial charge in [0.15, 0.2) is 0 Å². The summed E-state index contributed by atoms with van der Waals surface area (Å²) in [4.78, 5) is 2.53. The van der Waals surface area contributed by atoms with Gasteiger partial charge < -0.3 is 10.0 Å². The first-order chi connectivity index (χ1) is 13.8. The summed E-state index contributed by atoms with van der Waals surface area (Å²) in [5.74, 6) is 0. The number of hydrogen-bond donors (Lipinski definition) is 1. The lowest BCUT2D eigenvalue weighted by molar-refractivity contribution is 0.151. The maximum atomic E-state index is 11.0. The minimum absolute atomic E-state index is 0.502. The van der Waals surface area contributed by atoms with Gasteiger partial charge in [-0.3, -0.25) is 0 Å². The number of likely N-dealkylation sites (tertiary alicyclic amines) is 1. The zero-order valence-electron chi connectivity index (χ0n) is 16.4. The van der Waals surface area contributed by atoms with Crippen LogP contribution in [0.3, 0.4) is 0 Å². The normalized spacial score (nSPS) is 16.2. The standard InChI is InChI=1S/C24H29N3O/c28-23(15-10-18-26-16-8-3-9-17-26)22-19-25-27(21-13-6-2-7-14-21)24(22)20-11-4-1-5-12-20/h1-2,4-7,11-14,19,23,28H,3,8-10,15-18H2. The van der Waals surface area contributed by atoms with Crippen LogP contribution in [0.5, 0.6) is 0 Å². The number of nitrogens with zero attached hydrogens (tertiary/aromatic N) is 3. The van der Waals surface area contributed by atoms with E-state index in [1.807, 2.05) is 59.4 Å². The monoisotopic (exact) mass is 375 g/mol. The molecule has 1 unspecified atom stereocenters. The second-order valence-corrected chi connectivity index (χ2v) is 7.62. The SMILES string of the molecule is OC(CCCN1CCCCC1)c1cnn(-c2ccccc2)c1-c1ccccc1. The highest BCUT2D eigenvalue weighted by Crippen LogP contribution is 2.32. The molecule has 1 N–H and O–H groups in total. The first-order valence-corrected chi connectivity index (χ1v) is 10.4. The van der Waals surface area contributed by atoms with Gasteiger partial charge in [-0.2, -0.15) is 5.10 Å². The van der Waals surface area contributed by atoms with Crippen molar-refractivity contribution in [3.8, 4) is 16.9 Å². The van der Waals surface area contributed by atoms with E-state index >= 15 is 0 Å². The molecule has 1 aliphatic heterocycles. The molecular formula is C24H29N3O. The summed E-state index contributed by atoms with van der Waals surface area (Å²) in [7, 11) is 0. The Labute approximate surface area is 167 Å². The van der Waals surface area contributed by atoms with Gasteiger partial charge in [-0.15, -0.1) is 0 Å². The Hall–Kier alpha value is -2.43. The van der Waals surface area contributed by atoms with E-state index in [1.165, 1.54) is 32.4 Å². The summed E-state index contributed by atoms with van der Waals surface area (Å²) in [6.45, 7) is 3.49. The summed E-state index contributed by atoms with van der Waals surface area (Å²) >= 11 is 0. The molecule has 1 aromatic heterocycles. The average Bonchev–Trinajstić information content (AvgIpc) is 3.21. The lowest BCUT2D eigenvalue weighted by Gasteiger charge is -2.26. The van der Waals surface area contributed by atoms with Gasteiger partial charge in [-0.05, 0) is 57.5 Å². The second kappa shape index (κ2) is 9.18. The zero-order valence-corrected chi connectivity index (χ0v) is 16.4. The Kier molecular flexibility index (Phi) is 6.20. The van der Waals surface area contributed by atoms with Crippen LogP contribution in [0.4, 0.5) is 0 Å². The summed E-state index contributed by atoms with van der Waals surface area (Å²) in [5.41, 5.74) is 3.98. The van der Waals surface area contributed by atoms with Gasteiger partial charge >= 0.3 is 0 Å². The van der Waals surface area contributed by atoms with Gasteiger partial charge in [0, 0.05) is 11.1 Å². The Balaban J connectivity index is 1.55. The van der Waals surface area contributed by atoms with Gasteiger partial charge in [-0.25, -0.2) is 4.68 Å². The molecule has 0 radical (unpaired) electrons. The van der Waals surface area contributed by atoms with Crippen LogP contribution in [0.1, 0.15) is 43.8 Å². The van der Waals surface area contributed by atoms with Crippen LogP contribution in [-0.2, 0) is 0 Å². The summed E-state index contributed by atoms with van der Waals surface area (Å²) in [6.07, 6.45) is 7.08. The van der Waals surface area contributed by atoms with E-state index in [0.29, 0.717) is 0 Å². The van der Waals surface area contributed by atoms with Crippen LogP contribution < -0.4 is 0 Å². The summed E-state index contributed by atoms with van der Waals surface area (Å²) in [5, 5.41) is 15.6. The largest absolute Gasteiger partial charge is 0.388 e. The van der Waals surface area contributed by atoms with Crippen molar-refractivity contribution >= 4 is 0 Å². The number of rotatable bonds is 7. The van der Waals surface area contributed by atoms with Crippen LogP contribution >= 0.6 is 0 Å². The molecular weight excluding hydrogens is 346 g/mol. The molecule has 3 aromatic rings. The number of piperidine rings is 1. The quantitative estimate of drug-likeness (QED) is 0.642. The predicted molar refractivity (Wildman–Crippen MR) is 113 cm³/mol. The van der Waals surface area contributed by atoms with Gasteiger partial charge in [-0.1, -0.05) is 55.0 Å². The molecule has 0 amide bonds. The first-order valence-electron chi connectivity index (χ1n) is 10.4. The lowest BCUT2D eigenvalue weighted by atomic mass is 10.0. The Morgan fingerprint density at radius 1 is 0.893 bits per heavy atom. The first kappa shape index (κ1) is 18.9. The topological polar surface area (TPSA) is 41.3 Å². The van der Waals surface area contributed by atoms with E-state index in [4.69, 9.17) is 0 Å². The predicted octanol–water partition coefficient (Wildman–Crippen LogP) is 4.84. The van der Waals surface area contributed by atoms with E-state index in [0.717, 1.165) is 41.9 Å². The average molecular weight is 376 g/mol. The van der Waals surface area contributed by atoms with Crippen molar-refractivity contribution in [1.29, 1.82) is 0 Å². The number of aliphatic hydroxyl groups is 1. The number of aliphatic hydroxyl groups excluding tert-OH is 1. The molecule has 0 bridgehead atoms. The number of benzene rings is 2. The van der Waals surface area contributed by atoms with Crippen LogP contribution in [0, 0.1) is 0 Å². The van der Waals surface area contributed by atoms with E-state index < -0.39 is 6.10 Å². The van der Waals surface area contributed by atoms with Crippen molar-refractivity contribution < 1.29 is 5.11 Å². The second-order valence-electron chi connectivity index (χ2n) is 7.62. The van der Waals surface area contributed by atoms with Gasteiger partial charge in [0.25, 0.3) is 0 Å². The summed E-state index contributed by atoms with van der Waals surface area (Å²) in [6, 6.07) is 20.4. The molecule has 1 atom stereocenters. The molecule has 4 nitrogen and oxygen atoms in total. The van der Waals surface area contributed by atoms with Crippen LogP contribution in [0.2, 0.25) is 0 Å². The molecule has 28 heavy (non-hydrogen) atoms. The van der Waals surface area contributed by atoms with Crippen molar-refractivity contribution in [2.45, 2.75) is 38.2 Å². The molecule has 0 saturated carbocycles. The molecule has 1 fully saturated rings. The zero-order chi connectivity index (χ0) is 19.2. The fourth-order valence-corrected chi connectivity index (χ4v) is 4.10. The van der Waals surface area contributed by atoms with Crippen molar-refractivity contribution in [1.82, 2.24) is 14.7 Å². The van der Waals surface area contributed by atoms with Crippen molar-refractivity contribution in [2.24, 2.45) is 0 Å². The third kappa shape index (κ3) is 4.34. The number of hydrogen-bond acceptors (Lipinski definition) is 3. The molecule has 0 aliphatic carbocycles. The van der Waals surface area contributed by atoms with Crippen LogP contribution in [0.15, 0.2) is 66.9 Å². The fourth-order valence-electron chi connectivity index (χ4n) is 4.10. The maximum absolute atomic E-state index is 11.0. The Morgan fingerprint density at radius 3 is 2.29 bits per heavy atom. The van der Waals surface area contributed by atoms with Gasteiger partial charge in [0.2, 0.25) is 0 Å². The van der Waals surface area contributed by atoms with E-state index in [9.17, 15) is 5.11 Å². The molecule has 2 aromatic carbocycles. The van der Waals surface area contributed by atoms with E-state index in [1.54, 1.807) is 0 Å². The van der Waals surface area contributed by atoms with E-state index in [2.05, 4.69) is 22.1 Å². The number of para-hydroxylation sites is 1. The molecule has 1 aliphatic rings. The van der Waals surface area contributed by atoms with Crippen molar-refractivity contribution in [2.75, 3.05) is 19.6 Å². The van der Waals surface area contributed by atoms with Gasteiger partial charge in [0.05, 0.1) is 23.7 Å². The Morgan fingerprint density at radius 2 is 1.57 bits per heavy atom. The smallest absolute Gasteiger partial charge is 0.0827 e. The minimum atomic E-state index is -0.502. The molecule has 1 saturated heterocycles. The highest BCUT2D eigenvalue weighted by atomic mass is 16.3. The molecule has 4 rings (SSSR count). The third-order valence-electron chi connectivity index (χ3n) is 5.61. The molecule has 4 heteroatoms. The summed E-state index contributed by atoms with van der Waals surface area (Å²) < 4.78 is 1.94. The molecule has 2 heterocycles. The van der Waals surface area contributed by atoms with Crippen LogP contribution in [0.25, 0.3) is 16.9 Å². The maximum Gasteiger partial charge on any atom is 0.0827 e.